The van der Waals surface area contributed by atoms with Crippen molar-refractivity contribution >= 4 is 23.2 Å². The van der Waals surface area contributed by atoms with E-state index in [1.54, 1.807) is 24.3 Å². The fourth-order valence-electron chi connectivity index (χ4n) is 2.02. The molecule has 3 nitrogen and oxygen atoms in total. The average molecular weight is 304 g/mol. The van der Waals surface area contributed by atoms with Gasteiger partial charge in [-0.1, -0.05) is 17.7 Å². The van der Waals surface area contributed by atoms with Crippen molar-refractivity contribution in [1.82, 2.24) is 0 Å². The molecular weight excluding hydrogens is 286 g/mol. The first-order chi connectivity index (χ1) is 9.95. The smallest absolute Gasteiger partial charge is 0.262 e. The molecule has 2 rings (SSSR count). The molecule has 0 aliphatic heterocycles. The number of amides is 1. The van der Waals surface area contributed by atoms with Crippen molar-refractivity contribution in [3.05, 3.63) is 58.1 Å². The minimum Gasteiger partial charge on any atom is -0.483 e. The van der Waals surface area contributed by atoms with Crippen LogP contribution in [0.2, 0.25) is 5.02 Å². The van der Waals surface area contributed by atoms with Gasteiger partial charge >= 0.3 is 0 Å². The lowest BCUT2D eigenvalue weighted by Gasteiger charge is -2.12. The Kier molecular flexibility index (Phi) is 4.86. The number of hydrogen-bond acceptors (Lipinski definition) is 2. The molecule has 2 aromatic carbocycles. The molecule has 0 aliphatic carbocycles. The third-order valence-corrected chi connectivity index (χ3v) is 3.50. The number of carbonyl (C=O) groups excluding carboxylic acids is 1. The van der Waals surface area contributed by atoms with E-state index < -0.39 is 0 Å². The van der Waals surface area contributed by atoms with Crippen molar-refractivity contribution < 1.29 is 9.53 Å². The number of aryl methyl sites for hydroxylation is 2. The summed E-state index contributed by atoms with van der Waals surface area (Å²) in [5, 5.41) is 3.40. The second-order valence-electron chi connectivity index (χ2n) is 5.05. The Hall–Kier alpha value is -2.00. The number of benzene rings is 2. The van der Waals surface area contributed by atoms with Crippen molar-refractivity contribution in [3.63, 3.8) is 0 Å². The highest BCUT2D eigenvalue weighted by Crippen LogP contribution is 2.23. The summed E-state index contributed by atoms with van der Waals surface area (Å²) in [4.78, 5) is 11.9. The van der Waals surface area contributed by atoms with E-state index in [0.717, 1.165) is 22.4 Å². The summed E-state index contributed by atoms with van der Waals surface area (Å²) in [5.74, 6) is 0.551. The first-order valence-corrected chi connectivity index (χ1v) is 7.09. The van der Waals surface area contributed by atoms with E-state index in [2.05, 4.69) is 11.4 Å². The van der Waals surface area contributed by atoms with Crippen molar-refractivity contribution in [1.29, 1.82) is 0 Å². The van der Waals surface area contributed by atoms with Crippen LogP contribution in [0.3, 0.4) is 0 Å². The number of hydrogen-bond donors (Lipinski definition) is 1. The second kappa shape index (κ2) is 6.64. The topological polar surface area (TPSA) is 38.3 Å². The van der Waals surface area contributed by atoms with Crippen LogP contribution in [0.15, 0.2) is 36.4 Å². The van der Waals surface area contributed by atoms with E-state index in [0.29, 0.717) is 10.7 Å². The van der Waals surface area contributed by atoms with Crippen molar-refractivity contribution in [2.24, 2.45) is 0 Å². The molecule has 1 amide bonds. The van der Waals surface area contributed by atoms with Gasteiger partial charge in [0.25, 0.3) is 5.91 Å². The van der Waals surface area contributed by atoms with Crippen molar-refractivity contribution in [2.75, 3.05) is 11.9 Å². The molecule has 0 radical (unpaired) electrons. The van der Waals surface area contributed by atoms with Gasteiger partial charge in [-0.2, -0.15) is 0 Å². The highest BCUT2D eigenvalue weighted by molar-refractivity contribution is 6.30. The molecule has 2 aromatic rings. The predicted molar refractivity (Wildman–Crippen MR) is 86.2 cm³/mol. The van der Waals surface area contributed by atoms with Gasteiger partial charge in [0.2, 0.25) is 0 Å². The standard InChI is InChI=1S/C17H18ClNO2/c1-11-8-12(2)13(3)16(9-11)21-10-17(20)19-15-6-4-14(18)5-7-15/h4-9H,10H2,1-3H3,(H,19,20). The molecule has 0 spiro atoms. The first kappa shape index (κ1) is 15.4. The van der Waals surface area contributed by atoms with Gasteiger partial charge in [0.1, 0.15) is 5.75 Å². The average Bonchev–Trinajstić information content (AvgIpc) is 2.44. The van der Waals surface area contributed by atoms with E-state index in [9.17, 15) is 4.79 Å². The Morgan fingerprint density at radius 2 is 1.81 bits per heavy atom. The molecule has 0 aromatic heterocycles. The molecule has 1 N–H and O–H groups in total. The SMILES string of the molecule is Cc1cc(C)c(C)c(OCC(=O)Nc2ccc(Cl)cc2)c1. The molecule has 0 heterocycles. The summed E-state index contributed by atoms with van der Waals surface area (Å²) in [6.07, 6.45) is 0. The summed E-state index contributed by atoms with van der Waals surface area (Å²) in [6.45, 7) is 6.00. The predicted octanol–water partition coefficient (Wildman–Crippen LogP) is 4.28. The molecule has 0 unspecified atom stereocenters. The van der Waals surface area contributed by atoms with E-state index >= 15 is 0 Å². The Bertz CT molecular complexity index is 651. The van der Waals surface area contributed by atoms with Gasteiger partial charge in [0.05, 0.1) is 0 Å². The minimum absolute atomic E-state index is 0.0215. The van der Waals surface area contributed by atoms with Crippen LogP contribution >= 0.6 is 11.6 Å². The zero-order valence-corrected chi connectivity index (χ0v) is 13.1. The molecule has 110 valence electrons. The summed E-state index contributed by atoms with van der Waals surface area (Å²) < 4.78 is 5.62. The van der Waals surface area contributed by atoms with Gasteiger partial charge in [-0.25, -0.2) is 0 Å². The number of halogens is 1. The van der Waals surface area contributed by atoms with Gasteiger partial charge in [-0.15, -0.1) is 0 Å². The van der Waals surface area contributed by atoms with Crippen LogP contribution < -0.4 is 10.1 Å². The van der Waals surface area contributed by atoms with Gasteiger partial charge in [-0.05, 0) is 67.8 Å². The molecule has 0 fully saturated rings. The fraction of sp³-hybridized carbons (Fsp3) is 0.235. The zero-order chi connectivity index (χ0) is 15.4. The summed E-state index contributed by atoms with van der Waals surface area (Å²) in [5.41, 5.74) is 4.03. The number of ether oxygens (including phenoxy) is 1. The van der Waals surface area contributed by atoms with Crippen LogP contribution in [0.4, 0.5) is 5.69 Å². The van der Waals surface area contributed by atoms with Crippen molar-refractivity contribution in [3.8, 4) is 5.75 Å². The third kappa shape index (κ3) is 4.23. The molecule has 4 heteroatoms. The van der Waals surface area contributed by atoms with E-state index in [4.69, 9.17) is 16.3 Å². The molecule has 0 saturated heterocycles. The Labute approximate surface area is 129 Å². The van der Waals surface area contributed by atoms with E-state index in [-0.39, 0.29) is 12.5 Å². The summed E-state index contributed by atoms with van der Waals surface area (Å²) in [7, 11) is 0. The summed E-state index contributed by atoms with van der Waals surface area (Å²) >= 11 is 5.80. The highest BCUT2D eigenvalue weighted by atomic mass is 35.5. The third-order valence-electron chi connectivity index (χ3n) is 3.25. The number of nitrogens with one attached hydrogen (secondary N) is 1. The van der Waals surface area contributed by atoms with Crippen LogP contribution in [-0.4, -0.2) is 12.5 Å². The van der Waals surface area contributed by atoms with Gasteiger partial charge in [0, 0.05) is 10.7 Å². The lowest BCUT2D eigenvalue weighted by atomic mass is 10.1. The van der Waals surface area contributed by atoms with Crippen LogP contribution in [0, 0.1) is 20.8 Å². The molecule has 0 aliphatic rings. The largest absolute Gasteiger partial charge is 0.483 e. The molecule has 21 heavy (non-hydrogen) atoms. The Morgan fingerprint density at radius 1 is 1.14 bits per heavy atom. The molecule has 0 saturated carbocycles. The maximum Gasteiger partial charge on any atom is 0.262 e. The maximum atomic E-state index is 11.9. The number of carbonyl (C=O) groups is 1. The first-order valence-electron chi connectivity index (χ1n) is 6.72. The Morgan fingerprint density at radius 3 is 2.48 bits per heavy atom. The number of anilines is 1. The van der Waals surface area contributed by atoms with Gasteiger partial charge in [0.15, 0.2) is 6.61 Å². The molecule has 0 bridgehead atoms. The van der Waals surface area contributed by atoms with Gasteiger partial charge < -0.3 is 10.1 Å². The summed E-state index contributed by atoms with van der Waals surface area (Å²) in [6, 6.07) is 11.0. The minimum atomic E-state index is -0.198. The molecule has 0 atom stereocenters. The lowest BCUT2D eigenvalue weighted by Crippen LogP contribution is -2.20. The van der Waals surface area contributed by atoms with Crippen LogP contribution in [0.25, 0.3) is 0 Å². The van der Waals surface area contributed by atoms with Gasteiger partial charge in [-0.3, -0.25) is 4.79 Å². The quantitative estimate of drug-likeness (QED) is 0.915. The maximum absolute atomic E-state index is 11.9. The monoisotopic (exact) mass is 303 g/mol. The zero-order valence-electron chi connectivity index (χ0n) is 12.4. The lowest BCUT2D eigenvalue weighted by molar-refractivity contribution is -0.118. The highest BCUT2D eigenvalue weighted by Gasteiger charge is 2.07. The number of rotatable bonds is 4. The van der Waals surface area contributed by atoms with Crippen LogP contribution in [0.1, 0.15) is 16.7 Å². The fourth-order valence-corrected chi connectivity index (χ4v) is 2.15. The normalized spacial score (nSPS) is 10.3. The van der Waals surface area contributed by atoms with Crippen LogP contribution in [-0.2, 0) is 4.79 Å². The molecular formula is C17H18ClNO2. The van der Waals surface area contributed by atoms with E-state index in [1.807, 2.05) is 26.8 Å². The second-order valence-corrected chi connectivity index (χ2v) is 5.49. The van der Waals surface area contributed by atoms with Crippen molar-refractivity contribution in [2.45, 2.75) is 20.8 Å². The van der Waals surface area contributed by atoms with E-state index in [1.165, 1.54) is 0 Å². The van der Waals surface area contributed by atoms with Crippen LogP contribution in [0.5, 0.6) is 5.75 Å². The Balaban J connectivity index is 1.97.